The van der Waals surface area contributed by atoms with Gasteiger partial charge in [0.05, 0.1) is 0 Å². The average molecular weight is 262 g/mol. The first kappa shape index (κ1) is 19.3. The van der Waals surface area contributed by atoms with E-state index in [1.54, 1.807) is 6.08 Å². The fourth-order valence-corrected chi connectivity index (χ4v) is 1.07. The van der Waals surface area contributed by atoms with Crippen molar-refractivity contribution in [3.63, 3.8) is 0 Å². The Bertz CT molecular complexity index is 370. The number of nitrogens with one attached hydrogen (secondary N) is 2. The summed E-state index contributed by atoms with van der Waals surface area (Å²) >= 11 is 0. The van der Waals surface area contributed by atoms with E-state index >= 15 is 0 Å². The van der Waals surface area contributed by atoms with E-state index in [1.807, 2.05) is 71.0 Å². The van der Waals surface area contributed by atoms with Crippen LogP contribution in [0.15, 0.2) is 54.8 Å². The number of rotatable bonds is 3. The topological polar surface area (TPSA) is 41.1 Å². The molecule has 106 valence electrons. The van der Waals surface area contributed by atoms with Gasteiger partial charge in [-0.3, -0.25) is 0 Å². The van der Waals surface area contributed by atoms with E-state index in [2.05, 4.69) is 17.2 Å². The molecule has 2 amide bonds. The Kier molecular flexibility index (Phi) is 14.3. The maximum Gasteiger partial charge on any atom is 0.323 e. The van der Waals surface area contributed by atoms with Crippen molar-refractivity contribution in [2.75, 3.05) is 5.32 Å². The molecular weight excluding hydrogens is 236 g/mol. The molecule has 1 aromatic rings. The Morgan fingerprint density at radius 1 is 1.11 bits per heavy atom. The van der Waals surface area contributed by atoms with E-state index in [9.17, 15) is 4.79 Å². The average Bonchev–Trinajstić information content (AvgIpc) is 2.44. The van der Waals surface area contributed by atoms with Crippen molar-refractivity contribution >= 4 is 11.7 Å². The maximum absolute atomic E-state index is 11.4. The molecule has 0 aliphatic rings. The quantitative estimate of drug-likeness (QED) is 0.743. The summed E-state index contributed by atoms with van der Waals surface area (Å²) < 4.78 is 0. The molecule has 1 aromatic carbocycles. The number of hydrogen-bond acceptors (Lipinski definition) is 1. The lowest BCUT2D eigenvalue weighted by Crippen LogP contribution is -2.26. The molecule has 0 saturated carbocycles. The molecule has 0 spiro atoms. The monoisotopic (exact) mass is 262 g/mol. The first-order valence-electron chi connectivity index (χ1n) is 6.67. The molecule has 0 aromatic heterocycles. The van der Waals surface area contributed by atoms with Crippen molar-refractivity contribution in [3.05, 3.63) is 54.8 Å². The number of benzene rings is 1. The zero-order valence-corrected chi connectivity index (χ0v) is 12.7. The number of amides is 2. The van der Waals surface area contributed by atoms with E-state index in [0.717, 1.165) is 5.69 Å². The lowest BCUT2D eigenvalue weighted by Gasteiger charge is -2.06. The van der Waals surface area contributed by atoms with Crippen molar-refractivity contribution in [2.45, 2.75) is 34.6 Å². The Morgan fingerprint density at radius 2 is 1.63 bits per heavy atom. The van der Waals surface area contributed by atoms with Gasteiger partial charge in [-0.1, -0.05) is 58.5 Å². The van der Waals surface area contributed by atoms with Gasteiger partial charge in [-0.15, -0.1) is 0 Å². The van der Waals surface area contributed by atoms with Gasteiger partial charge in [0.15, 0.2) is 0 Å². The minimum atomic E-state index is -0.288. The summed E-state index contributed by atoms with van der Waals surface area (Å²) in [4.78, 5) is 11.4. The zero-order chi connectivity index (χ0) is 15.1. The highest BCUT2D eigenvalue weighted by atomic mass is 16.2. The summed E-state index contributed by atoms with van der Waals surface area (Å²) in [6.07, 6.45) is 3.54. The number of para-hydroxylation sites is 1. The van der Waals surface area contributed by atoms with Crippen LogP contribution in [0, 0.1) is 0 Å². The van der Waals surface area contributed by atoms with Crippen LogP contribution in [-0.2, 0) is 0 Å². The van der Waals surface area contributed by atoms with E-state index in [4.69, 9.17) is 0 Å². The van der Waals surface area contributed by atoms with Crippen LogP contribution in [-0.4, -0.2) is 6.03 Å². The molecule has 3 nitrogen and oxygen atoms in total. The summed E-state index contributed by atoms with van der Waals surface area (Å²) in [6, 6.07) is 8.95. The van der Waals surface area contributed by atoms with Gasteiger partial charge in [-0.2, -0.15) is 0 Å². The van der Waals surface area contributed by atoms with Gasteiger partial charge in [0.1, 0.15) is 0 Å². The second-order valence-corrected chi connectivity index (χ2v) is 2.97. The normalized spacial score (nSPS) is 8.47. The summed E-state index contributed by atoms with van der Waals surface area (Å²) in [7, 11) is 0. The highest BCUT2D eigenvalue weighted by Crippen LogP contribution is 2.04. The Morgan fingerprint density at radius 3 is 2.11 bits per heavy atom. The molecule has 2 N–H and O–H groups in total. The molecule has 0 heterocycles. The van der Waals surface area contributed by atoms with Crippen LogP contribution in [0.25, 0.3) is 0 Å². The molecule has 0 saturated heterocycles. The second kappa shape index (κ2) is 14.0. The number of allylic oxidation sites excluding steroid dienone is 2. The fourth-order valence-electron chi connectivity index (χ4n) is 1.07. The van der Waals surface area contributed by atoms with Crippen LogP contribution in [0.4, 0.5) is 10.5 Å². The summed E-state index contributed by atoms with van der Waals surface area (Å²) in [5, 5.41) is 5.28. The highest BCUT2D eigenvalue weighted by Gasteiger charge is 1.99. The third kappa shape index (κ3) is 10.8. The van der Waals surface area contributed by atoms with Gasteiger partial charge < -0.3 is 10.6 Å². The van der Waals surface area contributed by atoms with Crippen LogP contribution in [0.1, 0.15) is 34.6 Å². The van der Waals surface area contributed by atoms with Gasteiger partial charge in [0, 0.05) is 11.4 Å². The SMILES string of the molecule is C=C(/C=C\C)NC(=O)Nc1ccccc1.CC.CC. The van der Waals surface area contributed by atoms with Gasteiger partial charge >= 0.3 is 6.03 Å². The minimum Gasteiger partial charge on any atom is -0.308 e. The van der Waals surface area contributed by atoms with Gasteiger partial charge in [-0.05, 0) is 25.1 Å². The number of carbonyl (C=O) groups excluding carboxylic acids is 1. The second-order valence-electron chi connectivity index (χ2n) is 2.97. The molecule has 0 unspecified atom stereocenters. The molecule has 0 aliphatic heterocycles. The van der Waals surface area contributed by atoms with Crippen molar-refractivity contribution in [3.8, 4) is 0 Å². The number of anilines is 1. The van der Waals surface area contributed by atoms with Crippen molar-refractivity contribution in [1.82, 2.24) is 5.32 Å². The standard InChI is InChI=1S/C12H14N2O.2C2H6/c1-3-7-10(2)13-12(15)14-11-8-5-4-6-9-11;2*1-2/h3-9H,2H2,1H3,(H2,13,14,15);2*1-2H3/b7-3-;;. The Balaban J connectivity index is 0. The molecule has 0 atom stereocenters. The molecule has 19 heavy (non-hydrogen) atoms. The fraction of sp³-hybridized carbons (Fsp3) is 0.312. The molecule has 3 heteroatoms. The van der Waals surface area contributed by atoms with E-state index in [0.29, 0.717) is 5.70 Å². The molecule has 0 bridgehead atoms. The molecule has 0 radical (unpaired) electrons. The summed E-state index contributed by atoms with van der Waals surface area (Å²) in [5.41, 5.74) is 1.31. The van der Waals surface area contributed by atoms with Crippen LogP contribution in [0.5, 0.6) is 0 Å². The number of urea groups is 1. The van der Waals surface area contributed by atoms with Crippen LogP contribution >= 0.6 is 0 Å². The predicted octanol–water partition coefficient (Wildman–Crippen LogP) is 4.95. The first-order chi connectivity index (χ1) is 9.22. The van der Waals surface area contributed by atoms with Crippen molar-refractivity contribution in [2.24, 2.45) is 0 Å². The van der Waals surface area contributed by atoms with E-state index in [1.165, 1.54) is 0 Å². The van der Waals surface area contributed by atoms with Crippen LogP contribution in [0.2, 0.25) is 0 Å². The molecule has 0 fully saturated rings. The van der Waals surface area contributed by atoms with Crippen LogP contribution < -0.4 is 10.6 Å². The Hall–Kier alpha value is -2.03. The summed E-state index contributed by atoms with van der Waals surface area (Å²) in [6.45, 7) is 13.5. The smallest absolute Gasteiger partial charge is 0.308 e. The van der Waals surface area contributed by atoms with Gasteiger partial charge in [0.2, 0.25) is 0 Å². The lowest BCUT2D eigenvalue weighted by atomic mass is 10.3. The highest BCUT2D eigenvalue weighted by molar-refractivity contribution is 5.90. The minimum absolute atomic E-state index is 0.288. The van der Waals surface area contributed by atoms with Crippen molar-refractivity contribution < 1.29 is 4.79 Å². The predicted molar refractivity (Wildman–Crippen MR) is 85.2 cm³/mol. The first-order valence-corrected chi connectivity index (χ1v) is 6.67. The summed E-state index contributed by atoms with van der Waals surface area (Å²) in [5.74, 6) is 0. The van der Waals surface area contributed by atoms with E-state index < -0.39 is 0 Å². The van der Waals surface area contributed by atoms with E-state index in [-0.39, 0.29) is 6.03 Å². The lowest BCUT2D eigenvalue weighted by molar-refractivity contribution is 0.254. The third-order valence-electron chi connectivity index (χ3n) is 1.67. The van der Waals surface area contributed by atoms with Crippen molar-refractivity contribution in [1.29, 1.82) is 0 Å². The number of hydrogen-bond donors (Lipinski definition) is 2. The third-order valence-corrected chi connectivity index (χ3v) is 1.67. The molecule has 1 rings (SSSR count). The van der Waals surface area contributed by atoms with Gasteiger partial charge in [0.25, 0.3) is 0 Å². The molecular formula is C16H26N2O. The number of carbonyl (C=O) groups is 1. The molecule has 0 aliphatic carbocycles. The van der Waals surface area contributed by atoms with Crippen LogP contribution in [0.3, 0.4) is 0 Å². The Labute approximate surface area is 117 Å². The maximum atomic E-state index is 11.4. The van der Waals surface area contributed by atoms with Gasteiger partial charge in [-0.25, -0.2) is 4.79 Å². The largest absolute Gasteiger partial charge is 0.323 e. The zero-order valence-electron chi connectivity index (χ0n) is 12.7.